The summed E-state index contributed by atoms with van der Waals surface area (Å²) in [4.78, 5) is 38.8. The second-order valence-corrected chi connectivity index (χ2v) is 8.02. The Morgan fingerprint density at radius 2 is 1.93 bits per heavy atom. The highest BCUT2D eigenvalue weighted by atomic mass is 16.5. The smallest absolute Gasteiger partial charge is 0.359 e. The highest BCUT2D eigenvalue weighted by Gasteiger charge is 2.38. The van der Waals surface area contributed by atoms with E-state index in [0.717, 1.165) is 58.4 Å². The lowest BCUT2D eigenvalue weighted by Gasteiger charge is -2.48. The normalized spacial score (nSPS) is 19.2. The summed E-state index contributed by atoms with van der Waals surface area (Å²) in [5.41, 5.74) is -0.293. The fourth-order valence-electron chi connectivity index (χ4n) is 4.30. The van der Waals surface area contributed by atoms with E-state index in [4.69, 9.17) is 9.47 Å². The van der Waals surface area contributed by atoms with Crippen LogP contribution in [-0.4, -0.2) is 71.6 Å². The molecule has 1 aromatic heterocycles. The van der Waals surface area contributed by atoms with E-state index in [1.807, 2.05) is 6.92 Å². The predicted molar refractivity (Wildman–Crippen MR) is 110 cm³/mol. The Balaban J connectivity index is 1.52. The van der Waals surface area contributed by atoms with Crippen LogP contribution in [0.15, 0.2) is 16.9 Å². The van der Waals surface area contributed by atoms with Crippen LogP contribution in [0.5, 0.6) is 0 Å². The molecule has 2 aliphatic rings. The number of nitrogens with one attached hydrogen (secondary N) is 1. The lowest BCUT2D eigenvalue weighted by molar-refractivity contribution is -0.125. The second kappa shape index (κ2) is 10.7. The molecule has 1 aliphatic heterocycles. The summed E-state index contributed by atoms with van der Waals surface area (Å²) in [5.74, 6) is -1.04. The summed E-state index contributed by atoms with van der Waals surface area (Å²) >= 11 is 0. The highest BCUT2D eigenvalue weighted by Crippen LogP contribution is 2.33. The zero-order valence-electron chi connectivity index (χ0n) is 17.7. The molecule has 0 unspecified atom stereocenters. The molecule has 1 saturated heterocycles. The summed E-state index contributed by atoms with van der Waals surface area (Å²) in [5, 5.41) is 6.97. The molecule has 0 aromatic carbocycles. The van der Waals surface area contributed by atoms with Gasteiger partial charge in [-0.25, -0.2) is 9.48 Å². The molecule has 9 heteroatoms. The molecule has 2 fully saturated rings. The van der Waals surface area contributed by atoms with Gasteiger partial charge in [0.1, 0.15) is 0 Å². The van der Waals surface area contributed by atoms with Crippen LogP contribution in [0.4, 0.5) is 0 Å². The zero-order chi connectivity index (χ0) is 21.4. The monoisotopic (exact) mass is 420 g/mol. The van der Waals surface area contributed by atoms with Crippen LogP contribution in [-0.2, 0) is 20.8 Å². The molecule has 0 spiro atoms. The number of nitrogens with zero attached hydrogens (tertiary/aromatic N) is 3. The predicted octanol–water partition coefficient (Wildman–Crippen LogP) is 0.961. The Kier molecular flexibility index (Phi) is 7.98. The van der Waals surface area contributed by atoms with E-state index in [0.29, 0.717) is 13.1 Å². The molecule has 0 atom stereocenters. The first-order chi connectivity index (χ1) is 14.5. The number of rotatable bonds is 8. The first-order valence-electron chi connectivity index (χ1n) is 10.9. The SMILES string of the molecule is CCCn1nc(C(=O)OCC(=O)NCC2(N3CCOCC3)CCCCC2)ccc1=O. The van der Waals surface area contributed by atoms with Gasteiger partial charge in [0.25, 0.3) is 11.5 Å². The van der Waals surface area contributed by atoms with Gasteiger partial charge >= 0.3 is 5.97 Å². The molecule has 9 nitrogen and oxygen atoms in total. The molecule has 30 heavy (non-hydrogen) atoms. The van der Waals surface area contributed by atoms with Gasteiger partial charge in [-0.3, -0.25) is 14.5 Å². The minimum atomic E-state index is -0.712. The van der Waals surface area contributed by atoms with Crippen LogP contribution in [0.25, 0.3) is 0 Å². The van der Waals surface area contributed by atoms with Gasteiger partial charge in [0.15, 0.2) is 12.3 Å². The third kappa shape index (κ3) is 5.66. The minimum absolute atomic E-state index is 0.0212. The number of carbonyl (C=O) groups excluding carboxylic acids is 2. The van der Waals surface area contributed by atoms with Crippen LogP contribution in [0.2, 0.25) is 0 Å². The van der Waals surface area contributed by atoms with Crippen molar-refractivity contribution in [3.8, 4) is 0 Å². The first kappa shape index (κ1) is 22.4. The summed E-state index contributed by atoms with van der Waals surface area (Å²) < 4.78 is 11.8. The summed E-state index contributed by atoms with van der Waals surface area (Å²) in [6.07, 6.45) is 6.36. The van der Waals surface area contributed by atoms with E-state index in [1.165, 1.54) is 23.2 Å². The van der Waals surface area contributed by atoms with E-state index in [9.17, 15) is 14.4 Å². The largest absolute Gasteiger partial charge is 0.451 e. The lowest BCUT2D eigenvalue weighted by Crippen LogP contribution is -2.59. The van der Waals surface area contributed by atoms with Crippen molar-refractivity contribution in [2.24, 2.45) is 0 Å². The van der Waals surface area contributed by atoms with Crippen LogP contribution < -0.4 is 10.9 Å². The van der Waals surface area contributed by atoms with E-state index in [-0.39, 0.29) is 29.3 Å². The molecular formula is C21H32N4O5. The molecule has 0 bridgehead atoms. The lowest BCUT2D eigenvalue weighted by atomic mass is 9.79. The Bertz CT molecular complexity index is 782. The average Bonchev–Trinajstić information content (AvgIpc) is 2.79. The van der Waals surface area contributed by atoms with Crippen molar-refractivity contribution in [3.63, 3.8) is 0 Å². The van der Waals surface area contributed by atoms with Crippen molar-refractivity contribution in [2.75, 3.05) is 39.5 Å². The van der Waals surface area contributed by atoms with Gasteiger partial charge in [-0.15, -0.1) is 0 Å². The molecule has 3 rings (SSSR count). The molecule has 1 amide bonds. The van der Waals surface area contributed by atoms with Gasteiger partial charge in [-0.05, 0) is 25.3 Å². The zero-order valence-corrected chi connectivity index (χ0v) is 17.7. The number of amides is 1. The van der Waals surface area contributed by atoms with Crippen LogP contribution in [0.1, 0.15) is 55.9 Å². The number of morpholine rings is 1. The summed E-state index contributed by atoms with van der Waals surface area (Å²) in [6, 6.07) is 2.61. The fraction of sp³-hybridized carbons (Fsp3) is 0.714. The number of hydrogen-bond acceptors (Lipinski definition) is 7. The molecule has 1 aliphatic carbocycles. The van der Waals surface area contributed by atoms with Crippen molar-refractivity contribution in [3.05, 3.63) is 28.2 Å². The number of aromatic nitrogens is 2. The van der Waals surface area contributed by atoms with E-state index in [2.05, 4.69) is 15.3 Å². The Labute approximate surface area is 176 Å². The number of carbonyl (C=O) groups is 2. The fourth-order valence-corrected chi connectivity index (χ4v) is 4.30. The van der Waals surface area contributed by atoms with Gasteiger partial charge in [0, 0.05) is 37.8 Å². The van der Waals surface area contributed by atoms with Gasteiger partial charge in [0.2, 0.25) is 0 Å². The van der Waals surface area contributed by atoms with Crippen molar-refractivity contribution in [1.82, 2.24) is 20.0 Å². The highest BCUT2D eigenvalue weighted by molar-refractivity contribution is 5.89. The Morgan fingerprint density at radius 3 is 2.63 bits per heavy atom. The van der Waals surface area contributed by atoms with Crippen molar-refractivity contribution < 1.29 is 19.1 Å². The maximum absolute atomic E-state index is 12.4. The van der Waals surface area contributed by atoms with Crippen LogP contribution >= 0.6 is 0 Å². The number of ether oxygens (including phenoxy) is 2. The van der Waals surface area contributed by atoms with Gasteiger partial charge in [-0.1, -0.05) is 26.2 Å². The van der Waals surface area contributed by atoms with Gasteiger partial charge < -0.3 is 14.8 Å². The Hall–Kier alpha value is -2.26. The molecule has 2 heterocycles. The van der Waals surface area contributed by atoms with Crippen molar-refractivity contribution >= 4 is 11.9 Å². The van der Waals surface area contributed by atoms with Crippen LogP contribution in [0, 0.1) is 0 Å². The standard InChI is InChI=1S/C21H32N4O5/c1-2-10-25-19(27)7-6-17(23-25)20(28)30-15-18(26)22-16-21(8-4-3-5-9-21)24-11-13-29-14-12-24/h6-7H,2-5,8-16H2,1H3,(H,22,26). The second-order valence-electron chi connectivity index (χ2n) is 8.02. The average molecular weight is 421 g/mol. The maximum atomic E-state index is 12.4. The first-order valence-corrected chi connectivity index (χ1v) is 10.9. The Morgan fingerprint density at radius 1 is 1.20 bits per heavy atom. The number of aryl methyl sites for hydroxylation is 1. The van der Waals surface area contributed by atoms with E-state index >= 15 is 0 Å². The summed E-state index contributed by atoms with van der Waals surface area (Å²) in [7, 11) is 0. The molecule has 1 saturated carbocycles. The van der Waals surface area contributed by atoms with E-state index in [1.54, 1.807) is 0 Å². The minimum Gasteiger partial charge on any atom is -0.451 e. The topological polar surface area (TPSA) is 103 Å². The van der Waals surface area contributed by atoms with Crippen molar-refractivity contribution in [2.45, 2.75) is 57.5 Å². The summed E-state index contributed by atoms with van der Waals surface area (Å²) in [6.45, 7) is 5.72. The molecule has 1 N–H and O–H groups in total. The van der Waals surface area contributed by atoms with Crippen LogP contribution in [0.3, 0.4) is 0 Å². The van der Waals surface area contributed by atoms with Crippen molar-refractivity contribution in [1.29, 1.82) is 0 Å². The van der Waals surface area contributed by atoms with Gasteiger partial charge in [-0.2, -0.15) is 5.10 Å². The third-order valence-electron chi connectivity index (χ3n) is 5.93. The quantitative estimate of drug-likeness (QED) is 0.625. The molecule has 0 radical (unpaired) electrons. The number of esters is 1. The van der Waals surface area contributed by atoms with Gasteiger partial charge in [0.05, 0.1) is 13.2 Å². The molecular weight excluding hydrogens is 388 g/mol. The molecule has 1 aromatic rings. The van der Waals surface area contributed by atoms with E-state index < -0.39 is 5.97 Å². The molecule has 166 valence electrons. The third-order valence-corrected chi connectivity index (χ3v) is 5.93. The maximum Gasteiger partial charge on any atom is 0.359 e. The number of hydrogen-bond donors (Lipinski definition) is 1.